The Kier molecular flexibility index (Phi) is 7.29. The van der Waals surface area contributed by atoms with Crippen LogP contribution in [0.2, 0.25) is 0 Å². The van der Waals surface area contributed by atoms with Crippen molar-refractivity contribution in [1.29, 1.82) is 0 Å². The van der Waals surface area contributed by atoms with Gasteiger partial charge in [-0.2, -0.15) is 0 Å². The minimum absolute atomic E-state index is 0.00354. The maximum absolute atomic E-state index is 12.0. The molecule has 0 radical (unpaired) electrons. The zero-order valence-electron chi connectivity index (χ0n) is 14.2. The maximum atomic E-state index is 12.0. The van der Waals surface area contributed by atoms with Crippen LogP contribution in [-0.4, -0.2) is 75.4 Å². The molecule has 2 amide bonds. The molecule has 1 aromatic rings. The molecular formula is C16H28N4O2S. The molecule has 1 aliphatic heterocycles. The number of methoxy groups -OCH3 is 1. The Morgan fingerprint density at radius 1 is 1.39 bits per heavy atom. The summed E-state index contributed by atoms with van der Waals surface area (Å²) in [6.07, 6.45) is 0. The van der Waals surface area contributed by atoms with E-state index in [-0.39, 0.29) is 18.1 Å². The fourth-order valence-corrected chi connectivity index (χ4v) is 3.64. The van der Waals surface area contributed by atoms with Crippen molar-refractivity contribution in [3.05, 3.63) is 22.4 Å². The van der Waals surface area contributed by atoms with Crippen LogP contribution in [0.15, 0.2) is 17.5 Å². The minimum Gasteiger partial charge on any atom is -0.383 e. The third kappa shape index (κ3) is 5.76. The van der Waals surface area contributed by atoms with Crippen molar-refractivity contribution in [3.8, 4) is 0 Å². The lowest BCUT2D eigenvalue weighted by molar-refractivity contribution is 0.112. The molecule has 0 spiro atoms. The van der Waals surface area contributed by atoms with E-state index < -0.39 is 0 Å². The number of likely N-dealkylation sites (N-methyl/N-ethyl adjacent to an activating group) is 1. The maximum Gasteiger partial charge on any atom is 0.315 e. The molecule has 1 fully saturated rings. The first-order valence-electron chi connectivity index (χ1n) is 8.09. The number of piperazine rings is 1. The van der Waals surface area contributed by atoms with Gasteiger partial charge in [0.05, 0.1) is 18.7 Å². The number of hydrogen-bond acceptors (Lipinski definition) is 5. The van der Waals surface area contributed by atoms with Crippen LogP contribution in [0.1, 0.15) is 17.8 Å². The standard InChI is InChI=1S/C16H28N4O2S/c1-13(12-22-3)18-16(21)17-11-14(15-5-4-10-23-15)20-8-6-19(2)7-9-20/h4-5,10,13-14H,6-9,11-12H2,1-3H3,(H2,17,18,21)/t13-,14+/m1/s1. The van der Waals surface area contributed by atoms with E-state index in [1.807, 2.05) is 6.92 Å². The number of carbonyl (C=O) groups is 1. The van der Waals surface area contributed by atoms with Crippen LogP contribution in [0, 0.1) is 0 Å². The number of ether oxygens (including phenoxy) is 1. The Labute approximate surface area is 142 Å². The number of carbonyl (C=O) groups excluding carboxylic acids is 1. The molecule has 2 N–H and O–H groups in total. The number of thiophene rings is 1. The van der Waals surface area contributed by atoms with E-state index >= 15 is 0 Å². The normalized spacial score (nSPS) is 19.3. The Balaban J connectivity index is 1.89. The number of nitrogens with one attached hydrogen (secondary N) is 2. The molecule has 2 rings (SSSR count). The Morgan fingerprint density at radius 3 is 2.74 bits per heavy atom. The van der Waals surface area contributed by atoms with Gasteiger partial charge in [0.15, 0.2) is 0 Å². The first-order valence-corrected chi connectivity index (χ1v) is 8.97. The second-order valence-electron chi connectivity index (χ2n) is 6.08. The summed E-state index contributed by atoms with van der Waals surface area (Å²) in [6.45, 7) is 7.26. The number of hydrogen-bond donors (Lipinski definition) is 2. The topological polar surface area (TPSA) is 56.8 Å². The molecule has 0 unspecified atom stereocenters. The molecule has 0 aliphatic carbocycles. The van der Waals surface area contributed by atoms with Gasteiger partial charge in [-0.05, 0) is 25.4 Å². The van der Waals surface area contributed by atoms with Crippen LogP contribution in [-0.2, 0) is 4.74 Å². The largest absolute Gasteiger partial charge is 0.383 e. The fourth-order valence-electron chi connectivity index (χ4n) is 2.78. The van der Waals surface area contributed by atoms with Gasteiger partial charge in [-0.3, -0.25) is 4.90 Å². The van der Waals surface area contributed by atoms with Crippen molar-refractivity contribution >= 4 is 17.4 Å². The highest BCUT2D eigenvalue weighted by Crippen LogP contribution is 2.25. The molecule has 0 bridgehead atoms. The van der Waals surface area contributed by atoms with Gasteiger partial charge < -0.3 is 20.3 Å². The van der Waals surface area contributed by atoms with Gasteiger partial charge in [0.25, 0.3) is 0 Å². The van der Waals surface area contributed by atoms with Crippen molar-refractivity contribution in [3.63, 3.8) is 0 Å². The summed E-state index contributed by atoms with van der Waals surface area (Å²) in [5.74, 6) is 0. The summed E-state index contributed by atoms with van der Waals surface area (Å²) in [5, 5.41) is 8.00. The summed E-state index contributed by atoms with van der Waals surface area (Å²) >= 11 is 1.75. The Hall–Kier alpha value is -1.15. The number of nitrogens with zero attached hydrogens (tertiary/aromatic N) is 2. The van der Waals surface area contributed by atoms with Crippen molar-refractivity contribution in [2.75, 3.05) is 53.5 Å². The molecule has 1 aliphatic rings. The summed E-state index contributed by atoms with van der Waals surface area (Å²) in [7, 11) is 3.79. The second kappa shape index (κ2) is 9.22. The van der Waals surface area contributed by atoms with E-state index in [0.29, 0.717) is 13.2 Å². The third-order valence-corrected chi connectivity index (χ3v) is 5.07. The summed E-state index contributed by atoms with van der Waals surface area (Å²) in [5.41, 5.74) is 0. The van der Waals surface area contributed by atoms with Gasteiger partial charge in [0.2, 0.25) is 0 Å². The quantitative estimate of drug-likeness (QED) is 0.787. The number of urea groups is 1. The molecule has 7 heteroatoms. The molecule has 0 aromatic carbocycles. The molecular weight excluding hydrogens is 312 g/mol. The molecule has 2 heterocycles. The van der Waals surface area contributed by atoms with Crippen LogP contribution < -0.4 is 10.6 Å². The highest BCUT2D eigenvalue weighted by Gasteiger charge is 2.25. The molecule has 6 nitrogen and oxygen atoms in total. The molecule has 1 aromatic heterocycles. The minimum atomic E-state index is -0.134. The third-order valence-electron chi connectivity index (χ3n) is 4.10. The average molecular weight is 340 g/mol. The highest BCUT2D eigenvalue weighted by atomic mass is 32.1. The van der Waals surface area contributed by atoms with Crippen molar-refractivity contribution in [2.24, 2.45) is 0 Å². The van der Waals surface area contributed by atoms with Gasteiger partial charge in [0.1, 0.15) is 0 Å². The zero-order chi connectivity index (χ0) is 16.7. The molecule has 1 saturated heterocycles. The van der Waals surface area contributed by atoms with Gasteiger partial charge >= 0.3 is 6.03 Å². The lowest BCUT2D eigenvalue weighted by Crippen LogP contribution is -2.50. The Bertz CT molecular complexity index is 461. The lowest BCUT2D eigenvalue weighted by atomic mass is 10.1. The van der Waals surface area contributed by atoms with Crippen molar-refractivity contribution < 1.29 is 9.53 Å². The van der Waals surface area contributed by atoms with Crippen LogP contribution in [0.25, 0.3) is 0 Å². The zero-order valence-corrected chi connectivity index (χ0v) is 15.1. The molecule has 23 heavy (non-hydrogen) atoms. The van der Waals surface area contributed by atoms with Crippen molar-refractivity contribution in [2.45, 2.75) is 19.0 Å². The highest BCUT2D eigenvalue weighted by molar-refractivity contribution is 7.10. The number of amides is 2. The summed E-state index contributed by atoms with van der Waals surface area (Å²) in [6, 6.07) is 4.34. The summed E-state index contributed by atoms with van der Waals surface area (Å²) < 4.78 is 5.04. The first kappa shape index (κ1) is 18.2. The van der Waals surface area contributed by atoms with E-state index in [4.69, 9.17) is 4.74 Å². The smallest absolute Gasteiger partial charge is 0.315 e. The summed E-state index contributed by atoms with van der Waals surface area (Å²) in [4.78, 5) is 18.1. The van der Waals surface area contributed by atoms with Crippen molar-refractivity contribution in [1.82, 2.24) is 20.4 Å². The van der Waals surface area contributed by atoms with Gasteiger partial charge in [-0.1, -0.05) is 6.07 Å². The lowest BCUT2D eigenvalue weighted by Gasteiger charge is -2.37. The monoisotopic (exact) mass is 340 g/mol. The van der Waals surface area contributed by atoms with Crippen LogP contribution in [0.3, 0.4) is 0 Å². The first-order chi connectivity index (χ1) is 11.1. The SMILES string of the molecule is COC[C@@H](C)NC(=O)NC[C@@H](c1cccs1)N1CCN(C)CC1. The molecule has 0 saturated carbocycles. The van der Waals surface area contributed by atoms with E-state index in [9.17, 15) is 4.79 Å². The van der Waals surface area contributed by atoms with Gasteiger partial charge in [0, 0.05) is 44.7 Å². The molecule has 130 valence electrons. The van der Waals surface area contributed by atoms with Crippen LogP contribution >= 0.6 is 11.3 Å². The fraction of sp³-hybridized carbons (Fsp3) is 0.688. The van der Waals surface area contributed by atoms with E-state index in [1.54, 1.807) is 18.4 Å². The van der Waals surface area contributed by atoms with E-state index in [2.05, 4.69) is 45.0 Å². The van der Waals surface area contributed by atoms with Gasteiger partial charge in [-0.25, -0.2) is 4.79 Å². The predicted molar refractivity (Wildman–Crippen MR) is 94.0 cm³/mol. The molecule has 2 atom stereocenters. The second-order valence-corrected chi connectivity index (χ2v) is 7.06. The average Bonchev–Trinajstić information content (AvgIpc) is 3.03. The van der Waals surface area contributed by atoms with E-state index in [0.717, 1.165) is 26.2 Å². The Morgan fingerprint density at radius 2 is 2.13 bits per heavy atom. The van der Waals surface area contributed by atoms with Crippen LogP contribution in [0.5, 0.6) is 0 Å². The number of rotatable bonds is 7. The van der Waals surface area contributed by atoms with E-state index in [1.165, 1.54) is 4.88 Å². The van der Waals surface area contributed by atoms with Gasteiger partial charge in [-0.15, -0.1) is 11.3 Å². The predicted octanol–water partition coefficient (Wildman–Crippen LogP) is 1.37. The van der Waals surface area contributed by atoms with Crippen LogP contribution in [0.4, 0.5) is 4.79 Å².